The minimum atomic E-state index is 0.443. The van der Waals surface area contributed by atoms with Crippen molar-refractivity contribution < 1.29 is 0 Å². The maximum atomic E-state index is 2.53. The first-order valence-electron chi connectivity index (χ1n) is 7.46. The minimum Gasteiger partial charge on any atom is -0.305 e. The molecule has 0 unspecified atom stereocenters. The quantitative estimate of drug-likeness (QED) is 0.744. The van der Waals surface area contributed by atoms with Crippen LogP contribution in [-0.4, -0.2) is 25.0 Å². The van der Waals surface area contributed by atoms with Crippen LogP contribution in [0, 0.1) is 5.92 Å². The summed E-state index contributed by atoms with van der Waals surface area (Å²) < 4.78 is 0. The Morgan fingerprint density at radius 2 is 1.95 bits per heavy atom. The van der Waals surface area contributed by atoms with Crippen LogP contribution in [0.2, 0.25) is 0 Å². The van der Waals surface area contributed by atoms with Crippen molar-refractivity contribution in [1.29, 1.82) is 0 Å². The number of benzene rings is 2. The fourth-order valence-electron chi connectivity index (χ4n) is 4.51. The van der Waals surface area contributed by atoms with Gasteiger partial charge >= 0.3 is 0 Å². The van der Waals surface area contributed by atoms with Crippen molar-refractivity contribution in [3.63, 3.8) is 0 Å². The van der Waals surface area contributed by atoms with E-state index in [2.05, 4.69) is 54.4 Å². The number of hydrogen-bond donors (Lipinski definition) is 0. The van der Waals surface area contributed by atoms with Gasteiger partial charge < -0.3 is 4.90 Å². The van der Waals surface area contributed by atoms with Crippen LogP contribution < -0.4 is 0 Å². The Balaban J connectivity index is 1.85. The molecule has 0 spiro atoms. The van der Waals surface area contributed by atoms with E-state index >= 15 is 0 Å². The van der Waals surface area contributed by atoms with Gasteiger partial charge in [0.05, 0.1) is 0 Å². The van der Waals surface area contributed by atoms with Gasteiger partial charge in [-0.3, -0.25) is 0 Å². The number of nitrogens with zero attached hydrogens (tertiary/aromatic N) is 1. The van der Waals surface area contributed by atoms with Crippen LogP contribution in [0.1, 0.15) is 24.8 Å². The molecule has 2 aromatic rings. The molecule has 0 aromatic heterocycles. The highest BCUT2D eigenvalue weighted by Crippen LogP contribution is 2.50. The van der Waals surface area contributed by atoms with Crippen molar-refractivity contribution >= 4 is 10.8 Å². The lowest BCUT2D eigenvalue weighted by Gasteiger charge is -2.30. The van der Waals surface area contributed by atoms with Gasteiger partial charge in [-0.1, -0.05) is 48.9 Å². The van der Waals surface area contributed by atoms with Gasteiger partial charge in [0.2, 0.25) is 0 Å². The van der Waals surface area contributed by atoms with E-state index in [1.807, 2.05) is 0 Å². The molecule has 1 aliphatic heterocycles. The monoisotopic (exact) mass is 251 g/mol. The summed E-state index contributed by atoms with van der Waals surface area (Å²) >= 11 is 0. The first-order valence-corrected chi connectivity index (χ1v) is 7.46. The van der Waals surface area contributed by atoms with Crippen molar-refractivity contribution in [2.45, 2.75) is 24.7 Å². The Hall–Kier alpha value is -1.34. The normalized spacial score (nSPS) is 30.9. The summed E-state index contributed by atoms with van der Waals surface area (Å²) in [5.74, 6) is 0.874. The predicted octanol–water partition coefficient (Wildman–Crippen LogP) is 3.82. The SMILES string of the molecule is CN1C[C@@H]2CCC[C@]2(c2ccc3ccccc3c2)C1. The molecule has 2 aliphatic rings. The van der Waals surface area contributed by atoms with E-state index in [4.69, 9.17) is 0 Å². The first kappa shape index (κ1) is 11.5. The molecule has 0 bridgehead atoms. The van der Waals surface area contributed by atoms with Crippen molar-refractivity contribution in [3.05, 3.63) is 48.0 Å². The lowest BCUT2D eigenvalue weighted by atomic mass is 9.74. The summed E-state index contributed by atoms with van der Waals surface area (Å²) in [6.45, 7) is 2.53. The molecule has 1 heterocycles. The van der Waals surface area contributed by atoms with Crippen LogP contribution in [0.5, 0.6) is 0 Å². The Morgan fingerprint density at radius 3 is 2.84 bits per heavy atom. The Kier molecular flexibility index (Phi) is 2.46. The van der Waals surface area contributed by atoms with Gasteiger partial charge in [-0.15, -0.1) is 0 Å². The Bertz CT molecular complexity index is 618. The van der Waals surface area contributed by atoms with Crippen molar-refractivity contribution in [3.8, 4) is 0 Å². The molecular formula is C18H21N. The van der Waals surface area contributed by atoms with Gasteiger partial charge in [0, 0.05) is 18.5 Å². The van der Waals surface area contributed by atoms with Crippen LogP contribution in [0.3, 0.4) is 0 Å². The molecule has 0 N–H and O–H groups in total. The first-order chi connectivity index (χ1) is 9.28. The number of rotatable bonds is 1. The molecule has 1 heteroatoms. The number of likely N-dealkylation sites (tertiary alicyclic amines) is 1. The molecule has 2 atom stereocenters. The largest absolute Gasteiger partial charge is 0.305 e. The zero-order valence-electron chi connectivity index (χ0n) is 11.6. The minimum absolute atomic E-state index is 0.443. The van der Waals surface area contributed by atoms with Crippen LogP contribution in [-0.2, 0) is 5.41 Å². The van der Waals surface area contributed by atoms with E-state index in [0.29, 0.717) is 5.41 Å². The molecule has 1 saturated heterocycles. The maximum Gasteiger partial charge on any atom is 0.0121 e. The van der Waals surface area contributed by atoms with E-state index in [1.54, 1.807) is 5.56 Å². The van der Waals surface area contributed by atoms with Gasteiger partial charge in [0.15, 0.2) is 0 Å². The van der Waals surface area contributed by atoms with Crippen LogP contribution in [0.25, 0.3) is 10.8 Å². The zero-order valence-corrected chi connectivity index (χ0v) is 11.6. The number of hydrogen-bond acceptors (Lipinski definition) is 1. The lowest BCUT2D eigenvalue weighted by molar-refractivity contribution is 0.360. The highest BCUT2D eigenvalue weighted by molar-refractivity contribution is 5.83. The molecule has 1 saturated carbocycles. The molecule has 2 fully saturated rings. The lowest BCUT2D eigenvalue weighted by Crippen LogP contribution is -2.31. The van der Waals surface area contributed by atoms with E-state index in [-0.39, 0.29) is 0 Å². The van der Waals surface area contributed by atoms with Crippen LogP contribution in [0.4, 0.5) is 0 Å². The smallest absolute Gasteiger partial charge is 0.0121 e. The molecular weight excluding hydrogens is 230 g/mol. The van der Waals surface area contributed by atoms with E-state index < -0.39 is 0 Å². The summed E-state index contributed by atoms with van der Waals surface area (Å²) in [6, 6.07) is 15.9. The van der Waals surface area contributed by atoms with Gasteiger partial charge in [-0.2, -0.15) is 0 Å². The second-order valence-electron chi connectivity index (χ2n) is 6.50. The highest BCUT2D eigenvalue weighted by atomic mass is 15.1. The van der Waals surface area contributed by atoms with Crippen molar-refractivity contribution in [1.82, 2.24) is 4.90 Å². The topological polar surface area (TPSA) is 3.24 Å². The zero-order chi connectivity index (χ0) is 12.9. The molecule has 19 heavy (non-hydrogen) atoms. The third kappa shape index (κ3) is 1.64. The molecule has 98 valence electrons. The molecule has 0 radical (unpaired) electrons. The Labute approximate surface area is 115 Å². The fraction of sp³-hybridized carbons (Fsp3) is 0.444. The van der Waals surface area contributed by atoms with Gasteiger partial charge in [0.1, 0.15) is 0 Å². The molecule has 0 amide bonds. The van der Waals surface area contributed by atoms with Crippen LogP contribution >= 0.6 is 0 Å². The van der Waals surface area contributed by atoms with E-state index in [9.17, 15) is 0 Å². The maximum absolute atomic E-state index is 2.53. The van der Waals surface area contributed by atoms with Crippen molar-refractivity contribution in [2.24, 2.45) is 5.92 Å². The predicted molar refractivity (Wildman–Crippen MR) is 80.5 cm³/mol. The number of fused-ring (bicyclic) bond motifs is 2. The summed E-state index contributed by atoms with van der Waals surface area (Å²) in [6.07, 6.45) is 4.20. The Morgan fingerprint density at radius 1 is 1.11 bits per heavy atom. The fourth-order valence-corrected chi connectivity index (χ4v) is 4.51. The van der Waals surface area contributed by atoms with Gasteiger partial charge in [-0.25, -0.2) is 0 Å². The average molecular weight is 251 g/mol. The number of likely N-dealkylation sites (N-methyl/N-ethyl adjacent to an activating group) is 1. The van der Waals surface area contributed by atoms with Gasteiger partial charge in [-0.05, 0) is 42.1 Å². The van der Waals surface area contributed by atoms with Gasteiger partial charge in [0.25, 0.3) is 0 Å². The molecule has 1 nitrogen and oxygen atoms in total. The highest BCUT2D eigenvalue weighted by Gasteiger charge is 2.49. The second kappa shape index (κ2) is 4.08. The molecule has 4 rings (SSSR count). The standard InChI is InChI=1S/C18H21N/c1-19-12-17-7-4-10-18(17,13-19)16-9-8-14-5-2-3-6-15(14)11-16/h2-3,5-6,8-9,11,17H,4,7,10,12-13H2,1H3/t17-,18+/m0/s1. The summed E-state index contributed by atoms with van der Waals surface area (Å²) in [7, 11) is 2.28. The third-order valence-corrected chi connectivity index (χ3v) is 5.37. The molecule has 2 aromatic carbocycles. The van der Waals surface area contributed by atoms with E-state index in [1.165, 1.54) is 43.1 Å². The van der Waals surface area contributed by atoms with Crippen molar-refractivity contribution in [2.75, 3.05) is 20.1 Å². The van der Waals surface area contributed by atoms with E-state index in [0.717, 1.165) is 5.92 Å². The second-order valence-corrected chi connectivity index (χ2v) is 6.50. The summed E-state index contributed by atoms with van der Waals surface area (Å²) in [4.78, 5) is 2.53. The van der Waals surface area contributed by atoms with Crippen LogP contribution in [0.15, 0.2) is 42.5 Å². The summed E-state index contributed by atoms with van der Waals surface area (Å²) in [5.41, 5.74) is 2.02. The average Bonchev–Trinajstić information content (AvgIpc) is 2.95. The molecule has 1 aliphatic carbocycles. The summed E-state index contributed by atoms with van der Waals surface area (Å²) in [5, 5.41) is 2.76. The third-order valence-electron chi connectivity index (χ3n) is 5.37.